The van der Waals surface area contributed by atoms with E-state index in [1.54, 1.807) is 12.3 Å². The van der Waals surface area contributed by atoms with Gasteiger partial charge >= 0.3 is 5.56 Å². The SMILES string of the molecule is CCc1ccc(-n2ncc3ccoc3c2=O)cc1. The Balaban J connectivity index is 2.18. The first-order valence-corrected chi connectivity index (χ1v) is 5.84. The van der Waals surface area contributed by atoms with Gasteiger partial charge in [0.15, 0.2) is 0 Å². The number of fused-ring (bicyclic) bond motifs is 1. The van der Waals surface area contributed by atoms with Crippen LogP contribution in [0.25, 0.3) is 16.7 Å². The molecule has 0 aliphatic heterocycles. The van der Waals surface area contributed by atoms with Gasteiger partial charge < -0.3 is 4.42 Å². The minimum Gasteiger partial charge on any atom is -0.458 e. The molecule has 2 heterocycles. The lowest BCUT2D eigenvalue weighted by molar-refractivity contribution is 0.603. The lowest BCUT2D eigenvalue weighted by Crippen LogP contribution is -2.20. The van der Waals surface area contributed by atoms with Gasteiger partial charge in [0.25, 0.3) is 0 Å². The molecular weight excluding hydrogens is 228 g/mol. The Hall–Kier alpha value is -2.36. The first-order chi connectivity index (χ1) is 8.79. The third kappa shape index (κ3) is 1.62. The molecule has 18 heavy (non-hydrogen) atoms. The number of hydrogen-bond acceptors (Lipinski definition) is 3. The van der Waals surface area contributed by atoms with Crippen molar-refractivity contribution in [3.05, 3.63) is 58.7 Å². The smallest absolute Gasteiger partial charge is 0.315 e. The molecule has 0 N–H and O–H groups in total. The molecule has 3 rings (SSSR count). The fourth-order valence-corrected chi connectivity index (χ4v) is 1.92. The van der Waals surface area contributed by atoms with Crippen LogP contribution in [0.3, 0.4) is 0 Å². The predicted molar refractivity (Wildman–Crippen MR) is 69.0 cm³/mol. The first kappa shape index (κ1) is 10.8. The van der Waals surface area contributed by atoms with E-state index in [1.807, 2.05) is 24.3 Å². The highest BCUT2D eigenvalue weighted by Gasteiger charge is 2.08. The molecule has 4 heteroatoms. The molecule has 0 aliphatic rings. The molecule has 0 fully saturated rings. The summed E-state index contributed by atoms with van der Waals surface area (Å²) in [7, 11) is 0. The molecule has 90 valence electrons. The van der Waals surface area contributed by atoms with Crippen molar-refractivity contribution in [3.8, 4) is 5.69 Å². The van der Waals surface area contributed by atoms with Crippen LogP contribution < -0.4 is 5.56 Å². The number of aromatic nitrogens is 2. The van der Waals surface area contributed by atoms with Crippen LogP contribution in [0.2, 0.25) is 0 Å². The first-order valence-electron chi connectivity index (χ1n) is 5.84. The lowest BCUT2D eigenvalue weighted by Gasteiger charge is -2.04. The van der Waals surface area contributed by atoms with Gasteiger partial charge in [-0.2, -0.15) is 9.78 Å². The predicted octanol–water partition coefficient (Wildman–Crippen LogP) is 2.54. The molecule has 1 aromatic carbocycles. The molecule has 0 unspecified atom stereocenters. The fraction of sp³-hybridized carbons (Fsp3) is 0.143. The second kappa shape index (κ2) is 4.14. The van der Waals surface area contributed by atoms with Crippen molar-refractivity contribution in [2.75, 3.05) is 0 Å². The largest absolute Gasteiger partial charge is 0.458 e. The molecule has 0 radical (unpaired) electrons. The fourth-order valence-electron chi connectivity index (χ4n) is 1.92. The highest BCUT2D eigenvalue weighted by molar-refractivity contribution is 5.74. The van der Waals surface area contributed by atoms with Crippen molar-refractivity contribution >= 4 is 11.0 Å². The quantitative estimate of drug-likeness (QED) is 0.691. The van der Waals surface area contributed by atoms with Gasteiger partial charge in [-0.3, -0.25) is 4.79 Å². The number of benzene rings is 1. The normalized spacial score (nSPS) is 10.9. The summed E-state index contributed by atoms with van der Waals surface area (Å²) in [6, 6.07) is 9.50. The van der Waals surface area contributed by atoms with Gasteiger partial charge in [-0.15, -0.1) is 0 Å². The van der Waals surface area contributed by atoms with Crippen molar-refractivity contribution in [1.29, 1.82) is 0 Å². The standard InChI is InChI=1S/C14H12N2O2/c1-2-10-3-5-12(6-4-10)16-14(17)13-11(9-15-16)7-8-18-13/h3-9H,2H2,1H3. The van der Waals surface area contributed by atoms with E-state index in [9.17, 15) is 4.79 Å². The van der Waals surface area contributed by atoms with Crippen LogP contribution in [0, 0.1) is 0 Å². The zero-order valence-electron chi connectivity index (χ0n) is 9.96. The summed E-state index contributed by atoms with van der Waals surface area (Å²) in [5.41, 5.74) is 2.08. The highest BCUT2D eigenvalue weighted by atomic mass is 16.3. The summed E-state index contributed by atoms with van der Waals surface area (Å²) >= 11 is 0. The van der Waals surface area contributed by atoms with Crippen LogP contribution in [0.5, 0.6) is 0 Å². The van der Waals surface area contributed by atoms with Gasteiger partial charge in [-0.1, -0.05) is 19.1 Å². The van der Waals surface area contributed by atoms with Gasteiger partial charge in [0.05, 0.1) is 18.1 Å². The van der Waals surface area contributed by atoms with Crippen molar-refractivity contribution in [2.45, 2.75) is 13.3 Å². The topological polar surface area (TPSA) is 48.0 Å². The molecule has 4 nitrogen and oxygen atoms in total. The molecule has 0 amide bonds. The lowest BCUT2D eigenvalue weighted by atomic mass is 10.1. The van der Waals surface area contributed by atoms with Gasteiger partial charge in [-0.25, -0.2) is 0 Å². The number of furan rings is 1. The Kier molecular flexibility index (Phi) is 2.48. The average molecular weight is 240 g/mol. The van der Waals surface area contributed by atoms with Crippen LogP contribution in [0.1, 0.15) is 12.5 Å². The van der Waals surface area contributed by atoms with Crippen LogP contribution >= 0.6 is 0 Å². The number of rotatable bonds is 2. The third-order valence-electron chi connectivity index (χ3n) is 2.98. The summed E-state index contributed by atoms with van der Waals surface area (Å²) in [6.45, 7) is 2.09. The number of hydrogen-bond donors (Lipinski definition) is 0. The summed E-state index contributed by atoms with van der Waals surface area (Å²) < 4.78 is 6.53. The number of nitrogens with zero attached hydrogens (tertiary/aromatic N) is 2. The van der Waals surface area contributed by atoms with E-state index < -0.39 is 0 Å². The van der Waals surface area contributed by atoms with Crippen molar-refractivity contribution < 1.29 is 4.42 Å². The molecule has 3 aromatic rings. The molecule has 0 saturated heterocycles. The second-order valence-corrected chi connectivity index (χ2v) is 4.09. The van der Waals surface area contributed by atoms with E-state index >= 15 is 0 Å². The van der Waals surface area contributed by atoms with Gasteiger partial charge in [0.2, 0.25) is 5.58 Å². The van der Waals surface area contributed by atoms with Crippen LogP contribution in [0.15, 0.2) is 52.0 Å². The second-order valence-electron chi connectivity index (χ2n) is 4.09. The Bertz CT molecular complexity index is 738. The highest BCUT2D eigenvalue weighted by Crippen LogP contribution is 2.11. The molecular formula is C14H12N2O2. The molecule has 0 bridgehead atoms. The summed E-state index contributed by atoms with van der Waals surface area (Å²) in [4.78, 5) is 12.2. The molecule has 0 atom stereocenters. The van der Waals surface area contributed by atoms with Crippen LogP contribution in [-0.4, -0.2) is 9.78 Å². The van der Waals surface area contributed by atoms with Crippen molar-refractivity contribution in [1.82, 2.24) is 9.78 Å². The molecule has 2 aromatic heterocycles. The zero-order chi connectivity index (χ0) is 12.5. The monoisotopic (exact) mass is 240 g/mol. The Morgan fingerprint density at radius 1 is 1.22 bits per heavy atom. The third-order valence-corrected chi connectivity index (χ3v) is 2.98. The summed E-state index contributed by atoms with van der Waals surface area (Å²) in [5.74, 6) is 0. The van der Waals surface area contributed by atoms with E-state index in [1.165, 1.54) is 16.5 Å². The van der Waals surface area contributed by atoms with Crippen LogP contribution in [0.4, 0.5) is 0 Å². The van der Waals surface area contributed by atoms with Gasteiger partial charge in [0.1, 0.15) is 0 Å². The Morgan fingerprint density at radius 2 is 2.00 bits per heavy atom. The van der Waals surface area contributed by atoms with E-state index in [4.69, 9.17) is 4.42 Å². The maximum Gasteiger partial charge on any atom is 0.315 e. The maximum absolute atomic E-state index is 12.2. The van der Waals surface area contributed by atoms with E-state index in [0.29, 0.717) is 5.58 Å². The van der Waals surface area contributed by atoms with E-state index in [0.717, 1.165) is 17.5 Å². The molecule has 0 spiro atoms. The van der Waals surface area contributed by atoms with Crippen molar-refractivity contribution in [3.63, 3.8) is 0 Å². The zero-order valence-corrected chi connectivity index (χ0v) is 9.96. The average Bonchev–Trinajstić information content (AvgIpc) is 2.89. The van der Waals surface area contributed by atoms with Gasteiger partial charge in [0, 0.05) is 5.39 Å². The summed E-state index contributed by atoms with van der Waals surface area (Å²) in [5, 5.41) is 4.87. The van der Waals surface area contributed by atoms with Crippen molar-refractivity contribution in [2.24, 2.45) is 0 Å². The summed E-state index contributed by atoms with van der Waals surface area (Å²) in [6.07, 6.45) is 4.10. The molecule has 0 aliphatic carbocycles. The van der Waals surface area contributed by atoms with Gasteiger partial charge in [-0.05, 0) is 30.2 Å². The number of aryl methyl sites for hydroxylation is 1. The minimum atomic E-state index is -0.234. The Morgan fingerprint density at radius 3 is 2.72 bits per heavy atom. The Labute approximate surface area is 103 Å². The van der Waals surface area contributed by atoms with E-state index in [2.05, 4.69) is 12.0 Å². The minimum absolute atomic E-state index is 0.234. The van der Waals surface area contributed by atoms with Crippen LogP contribution in [-0.2, 0) is 6.42 Å². The molecule has 0 saturated carbocycles. The maximum atomic E-state index is 12.2. The van der Waals surface area contributed by atoms with E-state index in [-0.39, 0.29) is 5.56 Å².